The van der Waals surface area contributed by atoms with Crippen LogP contribution in [-0.4, -0.2) is 36.4 Å². The van der Waals surface area contributed by atoms with Crippen LogP contribution in [0.3, 0.4) is 0 Å². The largest absolute Gasteiger partial charge is 0.458 e. The summed E-state index contributed by atoms with van der Waals surface area (Å²) in [6, 6.07) is 8.82. The van der Waals surface area contributed by atoms with Crippen LogP contribution >= 0.6 is 0 Å². The lowest BCUT2D eigenvalue weighted by Gasteiger charge is -2.27. The molecule has 0 unspecified atom stereocenters. The zero-order valence-corrected chi connectivity index (χ0v) is 17.4. The molecule has 0 heterocycles. The lowest BCUT2D eigenvalue weighted by atomic mass is 10.0. The Labute approximate surface area is 162 Å². The van der Waals surface area contributed by atoms with Gasteiger partial charge in [0.15, 0.2) is 0 Å². The van der Waals surface area contributed by atoms with Gasteiger partial charge in [-0.05, 0) is 46.1 Å². The van der Waals surface area contributed by atoms with Gasteiger partial charge in [0, 0.05) is 6.61 Å². The zero-order chi connectivity index (χ0) is 20.6. The number of rotatable bonds is 8. The maximum absolute atomic E-state index is 12.4. The van der Waals surface area contributed by atoms with Crippen LogP contribution in [0.1, 0.15) is 60.1 Å². The van der Waals surface area contributed by atoms with Gasteiger partial charge < -0.3 is 19.5 Å². The van der Waals surface area contributed by atoms with Gasteiger partial charge in [0.25, 0.3) is 0 Å². The van der Waals surface area contributed by atoms with E-state index in [0.29, 0.717) is 12.5 Å². The van der Waals surface area contributed by atoms with Crippen molar-refractivity contribution < 1.29 is 23.8 Å². The lowest BCUT2D eigenvalue weighted by Crippen LogP contribution is -2.43. The molecule has 0 saturated heterocycles. The van der Waals surface area contributed by atoms with Crippen molar-refractivity contribution in [3.05, 3.63) is 35.9 Å². The molecule has 0 aromatic heterocycles. The van der Waals surface area contributed by atoms with Crippen LogP contribution < -0.4 is 5.32 Å². The van der Waals surface area contributed by atoms with Gasteiger partial charge in [-0.25, -0.2) is 9.59 Å². The van der Waals surface area contributed by atoms with Crippen molar-refractivity contribution >= 4 is 12.1 Å². The van der Waals surface area contributed by atoms with Crippen LogP contribution in [-0.2, 0) is 19.0 Å². The molecule has 6 nitrogen and oxygen atoms in total. The van der Waals surface area contributed by atoms with E-state index in [1.807, 2.05) is 30.3 Å². The fraction of sp³-hybridized carbons (Fsp3) is 0.619. The SMILES string of the molecule is CC(C)CO[C@@H](c1ccccc1)[C@H](C)OC(=O)[C@H](C)NC(=O)OC(C)(C)C. The maximum atomic E-state index is 12.4. The molecule has 3 atom stereocenters. The molecule has 1 amide bonds. The first-order valence-electron chi connectivity index (χ1n) is 9.36. The minimum absolute atomic E-state index is 0.354. The number of amides is 1. The van der Waals surface area contributed by atoms with Gasteiger partial charge in [0.2, 0.25) is 0 Å². The molecule has 0 fully saturated rings. The Balaban J connectivity index is 2.71. The van der Waals surface area contributed by atoms with Crippen LogP contribution in [0, 0.1) is 5.92 Å². The second kappa shape index (κ2) is 10.3. The highest BCUT2D eigenvalue weighted by molar-refractivity contribution is 5.81. The van der Waals surface area contributed by atoms with Crippen LogP contribution in [0.4, 0.5) is 4.79 Å². The second-order valence-corrected chi connectivity index (χ2v) is 8.07. The summed E-state index contributed by atoms with van der Waals surface area (Å²) in [5.74, 6) is -0.186. The summed E-state index contributed by atoms with van der Waals surface area (Å²) in [4.78, 5) is 24.2. The average molecular weight is 379 g/mol. The van der Waals surface area contributed by atoms with E-state index in [-0.39, 0.29) is 6.10 Å². The van der Waals surface area contributed by atoms with E-state index < -0.39 is 29.8 Å². The summed E-state index contributed by atoms with van der Waals surface area (Å²) in [6.07, 6.45) is -1.55. The summed E-state index contributed by atoms with van der Waals surface area (Å²) in [7, 11) is 0. The van der Waals surface area contributed by atoms with Gasteiger partial charge in [-0.2, -0.15) is 0 Å². The predicted octanol–water partition coefficient (Wildman–Crippen LogP) is 4.25. The third-order valence-corrected chi connectivity index (χ3v) is 3.55. The van der Waals surface area contributed by atoms with Gasteiger partial charge in [0.1, 0.15) is 23.9 Å². The van der Waals surface area contributed by atoms with Gasteiger partial charge >= 0.3 is 12.1 Å². The highest BCUT2D eigenvalue weighted by atomic mass is 16.6. The molecule has 0 spiro atoms. The number of carbonyl (C=O) groups excluding carboxylic acids is 2. The standard InChI is InChI=1S/C21H33NO5/c1-14(2)13-25-18(17-11-9-8-10-12-17)16(4)26-19(23)15(3)22-20(24)27-21(5,6)7/h8-12,14-16,18H,13H2,1-7H3,(H,22,24)/t15-,16-,18+/m0/s1. The molecule has 0 aliphatic carbocycles. The van der Waals surface area contributed by atoms with E-state index in [2.05, 4.69) is 19.2 Å². The molecule has 0 bridgehead atoms. The van der Waals surface area contributed by atoms with Gasteiger partial charge in [-0.1, -0.05) is 44.2 Å². The number of hydrogen-bond donors (Lipinski definition) is 1. The summed E-state index contributed by atoms with van der Waals surface area (Å²) < 4.78 is 16.7. The summed E-state index contributed by atoms with van der Waals surface area (Å²) in [5.41, 5.74) is 0.301. The van der Waals surface area contributed by atoms with E-state index in [1.54, 1.807) is 34.6 Å². The maximum Gasteiger partial charge on any atom is 0.408 e. The van der Waals surface area contributed by atoms with Gasteiger partial charge in [0.05, 0.1) is 0 Å². The number of esters is 1. The van der Waals surface area contributed by atoms with E-state index in [9.17, 15) is 9.59 Å². The molecular weight excluding hydrogens is 346 g/mol. The van der Waals surface area contributed by atoms with E-state index in [4.69, 9.17) is 14.2 Å². The Morgan fingerprint density at radius 1 is 1.04 bits per heavy atom. The first-order chi connectivity index (χ1) is 12.5. The van der Waals surface area contributed by atoms with Crippen LogP contribution in [0.5, 0.6) is 0 Å². The first kappa shape index (κ1) is 23.0. The quantitative estimate of drug-likeness (QED) is 0.684. The van der Waals surface area contributed by atoms with Crippen molar-refractivity contribution in [3.8, 4) is 0 Å². The monoisotopic (exact) mass is 379 g/mol. The van der Waals surface area contributed by atoms with Gasteiger partial charge in [-0.3, -0.25) is 0 Å². The smallest absolute Gasteiger partial charge is 0.408 e. The average Bonchev–Trinajstić information content (AvgIpc) is 2.53. The number of carbonyl (C=O) groups is 2. The Bertz CT molecular complexity index is 594. The first-order valence-corrected chi connectivity index (χ1v) is 9.36. The van der Waals surface area contributed by atoms with Crippen molar-refractivity contribution in [1.82, 2.24) is 5.32 Å². The van der Waals surface area contributed by atoms with E-state index in [1.165, 1.54) is 0 Å². The number of hydrogen-bond acceptors (Lipinski definition) is 5. The summed E-state index contributed by atoms with van der Waals surface area (Å²) in [6.45, 7) is 13.3. The Hall–Kier alpha value is -2.08. The molecule has 0 saturated carbocycles. The normalized spacial score (nSPS) is 15.0. The minimum Gasteiger partial charge on any atom is -0.458 e. The van der Waals surface area contributed by atoms with Crippen LogP contribution in [0.25, 0.3) is 0 Å². The number of benzene rings is 1. The molecule has 1 aromatic rings. The van der Waals surface area contributed by atoms with Crippen LogP contribution in [0.15, 0.2) is 30.3 Å². The number of alkyl carbamates (subject to hydrolysis) is 1. The third kappa shape index (κ3) is 8.91. The van der Waals surface area contributed by atoms with Crippen molar-refractivity contribution in [3.63, 3.8) is 0 Å². The summed E-state index contributed by atoms with van der Waals surface area (Å²) >= 11 is 0. The Morgan fingerprint density at radius 3 is 2.15 bits per heavy atom. The molecule has 0 aliphatic heterocycles. The highest BCUT2D eigenvalue weighted by Crippen LogP contribution is 2.24. The van der Waals surface area contributed by atoms with Crippen LogP contribution in [0.2, 0.25) is 0 Å². The molecule has 1 aromatic carbocycles. The fourth-order valence-electron chi connectivity index (χ4n) is 2.33. The minimum atomic E-state index is -0.830. The van der Waals surface area contributed by atoms with Crippen molar-refractivity contribution in [2.75, 3.05) is 6.61 Å². The van der Waals surface area contributed by atoms with E-state index in [0.717, 1.165) is 5.56 Å². The molecular formula is C21H33NO5. The molecule has 1 rings (SSSR count). The predicted molar refractivity (Wildman–Crippen MR) is 104 cm³/mol. The molecule has 0 aliphatic rings. The van der Waals surface area contributed by atoms with Crippen molar-refractivity contribution in [2.45, 2.75) is 72.3 Å². The molecule has 152 valence electrons. The molecule has 6 heteroatoms. The van der Waals surface area contributed by atoms with E-state index >= 15 is 0 Å². The third-order valence-electron chi connectivity index (χ3n) is 3.55. The number of ether oxygens (including phenoxy) is 3. The van der Waals surface area contributed by atoms with Gasteiger partial charge in [-0.15, -0.1) is 0 Å². The van der Waals surface area contributed by atoms with Crippen molar-refractivity contribution in [2.24, 2.45) is 5.92 Å². The Kier molecular flexibility index (Phi) is 8.76. The number of nitrogens with one attached hydrogen (secondary N) is 1. The highest BCUT2D eigenvalue weighted by Gasteiger charge is 2.27. The second-order valence-electron chi connectivity index (χ2n) is 8.07. The zero-order valence-electron chi connectivity index (χ0n) is 17.4. The molecule has 27 heavy (non-hydrogen) atoms. The molecule has 0 radical (unpaired) electrons. The lowest BCUT2D eigenvalue weighted by molar-refractivity contribution is -0.159. The van der Waals surface area contributed by atoms with Crippen molar-refractivity contribution in [1.29, 1.82) is 0 Å². The topological polar surface area (TPSA) is 73.9 Å². The summed E-state index contributed by atoms with van der Waals surface area (Å²) in [5, 5.41) is 2.49. The fourth-order valence-corrected chi connectivity index (χ4v) is 2.33. The Morgan fingerprint density at radius 2 is 1.63 bits per heavy atom. The molecule has 1 N–H and O–H groups in total.